The highest BCUT2D eigenvalue weighted by Gasteiger charge is 2.11. The summed E-state index contributed by atoms with van der Waals surface area (Å²) < 4.78 is 0. The fourth-order valence-electron chi connectivity index (χ4n) is 1.22. The second-order valence-electron chi connectivity index (χ2n) is 3.46. The first kappa shape index (κ1) is 12.7. The largest absolute Gasteiger partial charge is 0.507 e. The molecule has 0 radical (unpaired) electrons. The van der Waals surface area contributed by atoms with Gasteiger partial charge in [-0.25, -0.2) is 4.79 Å². The van der Waals surface area contributed by atoms with Crippen LogP contribution in [0.2, 0.25) is 0 Å². The van der Waals surface area contributed by atoms with E-state index in [2.05, 4.69) is 5.32 Å². The minimum Gasteiger partial charge on any atom is -0.507 e. The van der Waals surface area contributed by atoms with Crippen molar-refractivity contribution >= 4 is 23.3 Å². The standard InChI is InChI=1S/C11H11NO5/c1-6(13)4-10(15)12-7-2-3-8(11(16)17)9(14)5-7/h2-3,5,14H,4H2,1H3,(H,12,15)(H,16,17). The number of hydrogen-bond donors (Lipinski definition) is 3. The van der Waals surface area contributed by atoms with Crippen LogP contribution in [0.15, 0.2) is 18.2 Å². The lowest BCUT2D eigenvalue weighted by atomic mass is 10.2. The summed E-state index contributed by atoms with van der Waals surface area (Å²) in [7, 11) is 0. The molecule has 1 aromatic rings. The van der Waals surface area contributed by atoms with Gasteiger partial charge in [-0.05, 0) is 19.1 Å². The van der Waals surface area contributed by atoms with Crippen LogP contribution >= 0.6 is 0 Å². The summed E-state index contributed by atoms with van der Waals surface area (Å²) in [6.45, 7) is 1.28. The van der Waals surface area contributed by atoms with E-state index in [-0.39, 0.29) is 23.5 Å². The Morgan fingerprint density at radius 3 is 2.41 bits per heavy atom. The number of ketones is 1. The summed E-state index contributed by atoms with van der Waals surface area (Å²) >= 11 is 0. The van der Waals surface area contributed by atoms with E-state index in [1.54, 1.807) is 0 Å². The fraction of sp³-hybridized carbons (Fsp3) is 0.182. The van der Waals surface area contributed by atoms with E-state index >= 15 is 0 Å². The lowest BCUT2D eigenvalue weighted by Gasteiger charge is -2.05. The van der Waals surface area contributed by atoms with Crippen molar-refractivity contribution in [2.45, 2.75) is 13.3 Å². The van der Waals surface area contributed by atoms with E-state index in [1.807, 2.05) is 0 Å². The third-order valence-corrected chi connectivity index (χ3v) is 1.92. The zero-order valence-electron chi connectivity index (χ0n) is 9.06. The van der Waals surface area contributed by atoms with Crippen molar-refractivity contribution in [1.82, 2.24) is 0 Å². The molecular formula is C11H11NO5. The summed E-state index contributed by atoms with van der Waals surface area (Å²) in [5.41, 5.74) is -0.0201. The highest BCUT2D eigenvalue weighted by atomic mass is 16.4. The number of nitrogens with one attached hydrogen (secondary N) is 1. The average Bonchev–Trinajstić information content (AvgIpc) is 2.15. The summed E-state index contributed by atoms with van der Waals surface area (Å²) in [5, 5.41) is 20.4. The van der Waals surface area contributed by atoms with Gasteiger partial charge in [-0.2, -0.15) is 0 Å². The molecule has 0 aliphatic rings. The first-order chi connectivity index (χ1) is 7.90. The molecule has 1 rings (SSSR count). The van der Waals surface area contributed by atoms with E-state index in [4.69, 9.17) is 5.11 Å². The van der Waals surface area contributed by atoms with Crippen molar-refractivity contribution < 1.29 is 24.6 Å². The van der Waals surface area contributed by atoms with Gasteiger partial charge in [-0.3, -0.25) is 9.59 Å². The van der Waals surface area contributed by atoms with Gasteiger partial charge in [-0.1, -0.05) is 0 Å². The molecule has 0 unspecified atom stereocenters. The van der Waals surface area contributed by atoms with E-state index in [0.29, 0.717) is 0 Å². The number of benzene rings is 1. The number of hydrogen-bond acceptors (Lipinski definition) is 4. The number of rotatable bonds is 4. The molecule has 17 heavy (non-hydrogen) atoms. The first-order valence-corrected chi connectivity index (χ1v) is 4.75. The maximum Gasteiger partial charge on any atom is 0.339 e. The second-order valence-corrected chi connectivity index (χ2v) is 3.46. The molecule has 0 atom stereocenters. The summed E-state index contributed by atoms with van der Waals surface area (Å²) in [6, 6.07) is 3.61. The van der Waals surface area contributed by atoms with Crippen LogP contribution < -0.4 is 5.32 Å². The van der Waals surface area contributed by atoms with Crippen molar-refractivity contribution in [2.75, 3.05) is 5.32 Å². The molecule has 1 amide bonds. The van der Waals surface area contributed by atoms with Gasteiger partial charge in [0.05, 0.1) is 6.42 Å². The van der Waals surface area contributed by atoms with Crippen LogP contribution in [0.25, 0.3) is 0 Å². The van der Waals surface area contributed by atoms with E-state index in [9.17, 15) is 19.5 Å². The Balaban J connectivity index is 2.81. The summed E-state index contributed by atoms with van der Waals surface area (Å²) in [5.74, 6) is -2.50. The molecule has 0 heterocycles. The Morgan fingerprint density at radius 1 is 1.29 bits per heavy atom. The van der Waals surface area contributed by atoms with Crippen LogP contribution in [0.5, 0.6) is 5.75 Å². The van der Waals surface area contributed by atoms with E-state index in [1.165, 1.54) is 19.1 Å². The van der Waals surface area contributed by atoms with E-state index < -0.39 is 17.6 Å². The third-order valence-electron chi connectivity index (χ3n) is 1.92. The normalized spacial score (nSPS) is 9.71. The molecule has 0 fully saturated rings. The minimum absolute atomic E-state index is 0.235. The van der Waals surface area contributed by atoms with Gasteiger partial charge in [0.2, 0.25) is 5.91 Å². The Morgan fingerprint density at radius 2 is 1.94 bits per heavy atom. The highest BCUT2D eigenvalue weighted by molar-refractivity contribution is 6.03. The van der Waals surface area contributed by atoms with Crippen LogP contribution in [0.3, 0.4) is 0 Å². The molecule has 0 saturated carbocycles. The second kappa shape index (κ2) is 5.11. The quantitative estimate of drug-likeness (QED) is 0.678. The van der Waals surface area contributed by atoms with E-state index in [0.717, 1.165) is 6.07 Å². The van der Waals surface area contributed by atoms with Crippen molar-refractivity contribution in [3.05, 3.63) is 23.8 Å². The number of phenols is 1. The van der Waals surface area contributed by atoms with Crippen LogP contribution in [0.1, 0.15) is 23.7 Å². The fourth-order valence-corrected chi connectivity index (χ4v) is 1.22. The zero-order chi connectivity index (χ0) is 13.0. The molecule has 6 nitrogen and oxygen atoms in total. The van der Waals surface area contributed by atoms with Crippen LogP contribution in [0, 0.1) is 0 Å². The van der Waals surface area contributed by atoms with Crippen LogP contribution in [-0.4, -0.2) is 27.9 Å². The minimum atomic E-state index is -1.26. The topological polar surface area (TPSA) is 104 Å². The van der Waals surface area contributed by atoms with Gasteiger partial charge in [0.15, 0.2) is 0 Å². The van der Waals surface area contributed by atoms with Gasteiger partial charge in [0.1, 0.15) is 17.1 Å². The Kier molecular flexibility index (Phi) is 3.82. The SMILES string of the molecule is CC(=O)CC(=O)Nc1ccc(C(=O)O)c(O)c1. The van der Waals surface area contributed by atoms with Gasteiger partial charge in [0, 0.05) is 11.8 Å². The smallest absolute Gasteiger partial charge is 0.339 e. The zero-order valence-corrected chi connectivity index (χ0v) is 9.06. The summed E-state index contributed by atoms with van der Waals surface area (Å²) in [4.78, 5) is 32.5. The first-order valence-electron chi connectivity index (χ1n) is 4.75. The molecule has 0 aromatic heterocycles. The maximum atomic E-state index is 11.2. The molecule has 0 aliphatic heterocycles. The number of Topliss-reactive ketones (excluding diaryl/α,β-unsaturated/α-hetero) is 1. The van der Waals surface area contributed by atoms with Crippen LogP contribution in [0.4, 0.5) is 5.69 Å². The molecular weight excluding hydrogens is 226 g/mol. The van der Waals surface area contributed by atoms with Crippen molar-refractivity contribution in [3.63, 3.8) is 0 Å². The van der Waals surface area contributed by atoms with Gasteiger partial charge < -0.3 is 15.5 Å². The third kappa shape index (κ3) is 3.60. The maximum absolute atomic E-state index is 11.2. The molecule has 1 aromatic carbocycles. The number of carboxylic acid groups (broad SMARTS) is 1. The van der Waals surface area contributed by atoms with Crippen molar-refractivity contribution in [2.24, 2.45) is 0 Å². The molecule has 0 aliphatic carbocycles. The molecule has 0 bridgehead atoms. The Labute approximate surface area is 96.9 Å². The summed E-state index contributed by atoms with van der Waals surface area (Å²) in [6.07, 6.45) is -0.262. The number of aromatic hydroxyl groups is 1. The number of carbonyl (C=O) groups is 3. The number of amides is 1. The van der Waals surface area contributed by atoms with Crippen molar-refractivity contribution in [3.8, 4) is 5.75 Å². The molecule has 3 N–H and O–H groups in total. The molecule has 6 heteroatoms. The number of aromatic carboxylic acids is 1. The van der Waals surface area contributed by atoms with Gasteiger partial charge >= 0.3 is 5.97 Å². The number of carboxylic acids is 1. The Bertz CT molecular complexity index is 481. The predicted octanol–water partition coefficient (Wildman–Crippen LogP) is 1.01. The Hall–Kier alpha value is -2.37. The average molecular weight is 237 g/mol. The highest BCUT2D eigenvalue weighted by Crippen LogP contribution is 2.21. The van der Waals surface area contributed by atoms with Crippen molar-refractivity contribution in [1.29, 1.82) is 0 Å². The molecule has 0 saturated heterocycles. The lowest BCUT2D eigenvalue weighted by Crippen LogP contribution is -2.14. The molecule has 90 valence electrons. The van der Waals surface area contributed by atoms with Gasteiger partial charge in [0.25, 0.3) is 0 Å². The lowest BCUT2D eigenvalue weighted by molar-refractivity contribution is -0.124. The number of carbonyl (C=O) groups excluding carboxylic acids is 2. The monoisotopic (exact) mass is 237 g/mol. The molecule has 0 spiro atoms. The van der Waals surface area contributed by atoms with Gasteiger partial charge in [-0.15, -0.1) is 0 Å². The number of anilines is 1. The van der Waals surface area contributed by atoms with Crippen LogP contribution in [-0.2, 0) is 9.59 Å². The predicted molar refractivity (Wildman–Crippen MR) is 59.0 cm³/mol.